The van der Waals surface area contributed by atoms with Gasteiger partial charge in [-0.25, -0.2) is 0 Å². The second-order valence-electron chi connectivity index (χ2n) is 6.42. The fourth-order valence-corrected chi connectivity index (χ4v) is 2.73. The molecular formula is C21H27NO4. The van der Waals surface area contributed by atoms with Gasteiger partial charge in [-0.3, -0.25) is 4.79 Å². The molecule has 5 heteroatoms. The molecule has 0 bridgehead atoms. The molecule has 0 spiro atoms. The first-order chi connectivity index (χ1) is 12.4. The van der Waals surface area contributed by atoms with Crippen LogP contribution in [0.15, 0.2) is 36.4 Å². The van der Waals surface area contributed by atoms with E-state index in [9.17, 15) is 4.79 Å². The molecule has 2 aromatic rings. The van der Waals surface area contributed by atoms with Crippen LogP contribution in [0.4, 0.5) is 0 Å². The number of nitrogens with one attached hydrogen (secondary N) is 1. The lowest BCUT2D eigenvalue weighted by Crippen LogP contribution is -2.27. The van der Waals surface area contributed by atoms with Crippen molar-refractivity contribution in [3.8, 4) is 17.2 Å². The van der Waals surface area contributed by atoms with Gasteiger partial charge < -0.3 is 19.5 Å². The molecular weight excluding hydrogens is 330 g/mol. The van der Waals surface area contributed by atoms with Gasteiger partial charge in [0.1, 0.15) is 5.75 Å². The Kier molecular flexibility index (Phi) is 6.50. The molecule has 5 nitrogen and oxygen atoms in total. The zero-order chi connectivity index (χ0) is 19.3. The van der Waals surface area contributed by atoms with E-state index in [1.807, 2.05) is 19.1 Å². The molecule has 2 rings (SSSR count). The number of ether oxygens (including phenoxy) is 3. The Bertz CT molecular complexity index is 753. The van der Waals surface area contributed by atoms with Crippen LogP contribution in [-0.2, 0) is 0 Å². The highest BCUT2D eigenvalue weighted by atomic mass is 16.5. The van der Waals surface area contributed by atoms with E-state index in [-0.39, 0.29) is 11.9 Å². The second-order valence-corrected chi connectivity index (χ2v) is 6.42. The number of carbonyl (C=O) groups is 1. The van der Waals surface area contributed by atoms with Crippen molar-refractivity contribution >= 4 is 5.91 Å². The van der Waals surface area contributed by atoms with Crippen molar-refractivity contribution in [1.82, 2.24) is 5.32 Å². The van der Waals surface area contributed by atoms with Gasteiger partial charge in [-0.15, -0.1) is 0 Å². The van der Waals surface area contributed by atoms with Gasteiger partial charge in [0, 0.05) is 12.1 Å². The fourth-order valence-electron chi connectivity index (χ4n) is 2.73. The summed E-state index contributed by atoms with van der Waals surface area (Å²) in [5, 5.41) is 3.01. The first-order valence-corrected chi connectivity index (χ1v) is 8.62. The van der Waals surface area contributed by atoms with E-state index in [1.54, 1.807) is 19.2 Å². The Hall–Kier alpha value is -2.69. The highest BCUT2D eigenvalue weighted by Gasteiger charge is 2.19. The molecule has 140 valence electrons. The number of hydrogen-bond acceptors (Lipinski definition) is 4. The second kappa shape index (κ2) is 8.61. The van der Waals surface area contributed by atoms with Crippen molar-refractivity contribution in [1.29, 1.82) is 0 Å². The highest BCUT2D eigenvalue weighted by Crippen LogP contribution is 2.34. The van der Waals surface area contributed by atoms with E-state index in [0.717, 1.165) is 5.56 Å². The lowest BCUT2D eigenvalue weighted by Gasteiger charge is -2.18. The average molecular weight is 357 g/mol. The first-order valence-electron chi connectivity index (χ1n) is 8.62. The molecule has 0 fully saturated rings. The molecule has 0 aromatic heterocycles. The van der Waals surface area contributed by atoms with Crippen LogP contribution in [0.3, 0.4) is 0 Å². The van der Waals surface area contributed by atoms with E-state index in [0.29, 0.717) is 28.7 Å². The topological polar surface area (TPSA) is 56.8 Å². The molecule has 1 unspecified atom stereocenters. The molecule has 0 aliphatic rings. The van der Waals surface area contributed by atoms with Crippen molar-refractivity contribution in [2.24, 2.45) is 0 Å². The van der Waals surface area contributed by atoms with Crippen LogP contribution in [0, 0.1) is 0 Å². The number of methoxy groups -OCH3 is 3. The lowest BCUT2D eigenvalue weighted by molar-refractivity contribution is 0.0936. The Labute approximate surface area is 155 Å². The summed E-state index contributed by atoms with van der Waals surface area (Å²) in [6.45, 7) is 6.27. The molecule has 0 saturated carbocycles. The van der Waals surface area contributed by atoms with Gasteiger partial charge in [0.05, 0.1) is 32.9 Å². The molecule has 1 amide bonds. The van der Waals surface area contributed by atoms with Gasteiger partial charge in [0.2, 0.25) is 0 Å². The SMILES string of the molecule is COc1cc(OC)c(C(=O)NC(C)c2ccc(C(C)C)cc2)cc1OC. The minimum atomic E-state index is -0.233. The zero-order valence-corrected chi connectivity index (χ0v) is 16.3. The van der Waals surface area contributed by atoms with Crippen LogP contribution in [-0.4, -0.2) is 27.2 Å². The third kappa shape index (κ3) is 4.28. The fraction of sp³-hybridized carbons (Fsp3) is 0.381. The van der Waals surface area contributed by atoms with Gasteiger partial charge in [-0.2, -0.15) is 0 Å². The van der Waals surface area contributed by atoms with Crippen LogP contribution < -0.4 is 19.5 Å². The Morgan fingerprint density at radius 3 is 1.81 bits per heavy atom. The Balaban J connectivity index is 2.23. The molecule has 2 aromatic carbocycles. The summed E-state index contributed by atoms with van der Waals surface area (Å²) in [6.07, 6.45) is 0. The third-order valence-electron chi connectivity index (χ3n) is 4.40. The molecule has 0 saturated heterocycles. The summed E-state index contributed by atoms with van der Waals surface area (Å²) in [7, 11) is 4.59. The molecule has 0 aliphatic carbocycles. The molecule has 0 heterocycles. The standard InChI is InChI=1S/C21H27NO4/c1-13(2)15-7-9-16(10-8-15)14(3)22-21(23)17-11-19(25-5)20(26-6)12-18(17)24-4/h7-14H,1-6H3,(H,22,23). The monoisotopic (exact) mass is 357 g/mol. The van der Waals surface area contributed by atoms with Crippen molar-refractivity contribution in [3.63, 3.8) is 0 Å². The van der Waals surface area contributed by atoms with E-state index in [2.05, 4.69) is 31.3 Å². The highest BCUT2D eigenvalue weighted by molar-refractivity contribution is 5.98. The van der Waals surface area contributed by atoms with E-state index >= 15 is 0 Å². The molecule has 1 N–H and O–H groups in total. The average Bonchev–Trinajstić information content (AvgIpc) is 2.66. The molecule has 1 atom stereocenters. The van der Waals surface area contributed by atoms with E-state index in [4.69, 9.17) is 14.2 Å². The summed E-state index contributed by atoms with van der Waals surface area (Å²) < 4.78 is 15.9. The van der Waals surface area contributed by atoms with Crippen molar-refractivity contribution in [3.05, 3.63) is 53.1 Å². The predicted octanol–water partition coefficient (Wildman–Crippen LogP) is 4.33. The minimum absolute atomic E-state index is 0.137. The van der Waals surface area contributed by atoms with Gasteiger partial charge in [0.15, 0.2) is 11.5 Å². The van der Waals surface area contributed by atoms with Gasteiger partial charge in [-0.1, -0.05) is 38.1 Å². The number of carbonyl (C=O) groups excluding carboxylic acids is 1. The van der Waals surface area contributed by atoms with Gasteiger partial charge in [-0.05, 0) is 24.0 Å². The minimum Gasteiger partial charge on any atom is -0.496 e. The van der Waals surface area contributed by atoms with Crippen LogP contribution in [0.2, 0.25) is 0 Å². The number of amides is 1. The molecule has 0 radical (unpaired) electrons. The van der Waals surface area contributed by atoms with E-state index in [1.165, 1.54) is 19.8 Å². The van der Waals surface area contributed by atoms with Crippen LogP contribution in [0.1, 0.15) is 54.2 Å². The van der Waals surface area contributed by atoms with Gasteiger partial charge in [0.25, 0.3) is 5.91 Å². The summed E-state index contributed by atoms with van der Waals surface area (Å²) in [4.78, 5) is 12.8. The number of benzene rings is 2. The van der Waals surface area contributed by atoms with Crippen molar-refractivity contribution in [2.75, 3.05) is 21.3 Å². The quantitative estimate of drug-likeness (QED) is 0.801. The van der Waals surface area contributed by atoms with E-state index < -0.39 is 0 Å². The molecule has 0 aliphatic heterocycles. The number of rotatable bonds is 7. The maximum atomic E-state index is 12.8. The zero-order valence-electron chi connectivity index (χ0n) is 16.3. The normalized spacial score (nSPS) is 11.8. The van der Waals surface area contributed by atoms with Gasteiger partial charge >= 0.3 is 0 Å². The van der Waals surface area contributed by atoms with Crippen molar-refractivity contribution < 1.29 is 19.0 Å². The van der Waals surface area contributed by atoms with Crippen LogP contribution in [0.25, 0.3) is 0 Å². The maximum Gasteiger partial charge on any atom is 0.255 e. The summed E-state index contributed by atoms with van der Waals surface area (Å²) in [5.41, 5.74) is 2.71. The summed E-state index contributed by atoms with van der Waals surface area (Å²) in [6, 6.07) is 11.4. The largest absolute Gasteiger partial charge is 0.496 e. The predicted molar refractivity (Wildman–Crippen MR) is 103 cm³/mol. The molecule has 26 heavy (non-hydrogen) atoms. The maximum absolute atomic E-state index is 12.8. The third-order valence-corrected chi connectivity index (χ3v) is 4.40. The van der Waals surface area contributed by atoms with Crippen LogP contribution >= 0.6 is 0 Å². The Morgan fingerprint density at radius 2 is 1.31 bits per heavy atom. The number of hydrogen-bond donors (Lipinski definition) is 1. The lowest BCUT2D eigenvalue weighted by atomic mass is 9.99. The summed E-state index contributed by atoms with van der Waals surface area (Å²) in [5.74, 6) is 1.67. The summed E-state index contributed by atoms with van der Waals surface area (Å²) >= 11 is 0. The smallest absolute Gasteiger partial charge is 0.255 e. The Morgan fingerprint density at radius 1 is 0.808 bits per heavy atom. The van der Waals surface area contributed by atoms with Crippen LogP contribution in [0.5, 0.6) is 17.2 Å². The van der Waals surface area contributed by atoms with Crippen molar-refractivity contribution in [2.45, 2.75) is 32.7 Å². The first kappa shape index (κ1) is 19.6.